The lowest BCUT2D eigenvalue weighted by Crippen LogP contribution is -2.40. The van der Waals surface area contributed by atoms with Crippen molar-refractivity contribution in [1.82, 2.24) is 42.1 Å². The van der Waals surface area contributed by atoms with Crippen LogP contribution in [0.3, 0.4) is 0 Å². The maximum Gasteiger partial charge on any atom is 0.328 e. The number of carbonyl (C=O) groups is 6. The highest BCUT2D eigenvalue weighted by Gasteiger charge is 2.38. The van der Waals surface area contributed by atoms with Gasteiger partial charge in [-0.05, 0) is 36.4 Å². The molecule has 29 heteroatoms. The maximum absolute atomic E-state index is 13.0. The molecule has 6 aromatic rings. The molecule has 3 fully saturated rings. The molecular weight excluding hydrogens is 1170 g/mol. The Morgan fingerprint density at radius 1 is 0.293 bits per heavy atom. The second-order valence-electron chi connectivity index (χ2n) is 19.9. The lowest BCUT2D eigenvalue weighted by Gasteiger charge is -2.31. The molecular formula is C53H54N12O11S6. The van der Waals surface area contributed by atoms with Crippen LogP contribution < -0.4 is 42.6 Å². The van der Waals surface area contributed by atoms with Crippen LogP contribution >= 0.6 is 70.6 Å². The van der Waals surface area contributed by atoms with Gasteiger partial charge in [-0.15, -0.1) is 35.3 Å². The van der Waals surface area contributed by atoms with E-state index in [2.05, 4.69) is 0 Å². The molecule has 0 saturated carbocycles. The lowest BCUT2D eigenvalue weighted by molar-refractivity contribution is -0.126. The number of nitrogens with zero attached hydrogens (tertiary/aromatic N) is 12. The number of carbonyl (C=O) groups excluding carboxylic acids is 6. The predicted molar refractivity (Wildman–Crippen MR) is 326 cm³/mol. The molecule has 6 aliphatic rings. The molecule has 6 amide bonds. The van der Waals surface area contributed by atoms with Crippen LogP contribution in [0.15, 0.2) is 104 Å². The molecule has 0 bridgehead atoms. The summed E-state index contributed by atoms with van der Waals surface area (Å²) >= 11 is 8.02. The van der Waals surface area contributed by atoms with Crippen molar-refractivity contribution in [2.45, 2.75) is 14.7 Å². The van der Waals surface area contributed by atoms with Gasteiger partial charge in [-0.25, -0.2) is 4.79 Å². The van der Waals surface area contributed by atoms with Crippen LogP contribution in [0.4, 0.5) is 17.1 Å². The van der Waals surface area contributed by atoms with Crippen molar-refractivity contribution in [3.8, 4) is 0 Å². The number of benzene rings is 3. The number of hydrogen-bond donors (Lipinski definition) is 0. The molecule has 0 unspecified atom stereocenters. The number of likely N-dealkylation sites (N-methyl/N-ethyl adjacent to an activating group) is 6. The SMILES string of the molecule is CN1CCS/C(=C2/Sc3cc4c(cc3N(C)C2=O)n(C)c(=O)c(=O)n4C)C1=O.CN1CCS/C(=C2/Sc3cc4c(cc3N(C)C2=O)n(C)c(=O)n4C)C1=O.CN1CCS/C(=C2\Sc3cc4c(cc3N(C)C2=O)n(C)c(=O)c(=O)n4C)C1=O. The fraction of sp³-hybridized carbons (Fsp3) is 0.340. The van der Waals surface area contributed by atoms with Gasteiger partial charge in [-0.1, -0.05) is 35.3 Å². The summed E-state index contributed by atoms with van der Waals surface area (Å²) in [5, 5.41) is 0. The van der Waals surface area contributed by atoms with E-state index in [0.717, 1.165) is 48.7 Å². The Labute approximate surface area is 492 Å². The van der Waals surface area contributed by atoms with Crippen LogP contribution in [0, 0.1) is 0 Å². The summed E-state index contributed by atoms with van der Waals surface area (Å²) in [6, 6.07) is 10.8. The Hall–Kier alpha value is -7.05. The standard InChI is InChI=1S/2C18H18N4O4S2.C17H18N4O3S2/c2*1-19-5-6-27-13(15(19)23)14-16(24)22(4)11-7-9-10(8-12(11)28-14)21(3)18(26)17(25)20(9)2;1-18-5-6-25-13(15(18)22)14-16(23)19(2)11-7-9-10(8-12(11)26-14)21(4)17(24)20(9)3/h2*7-8H,5-6H2,1-4H3;7-8H,5-6H2,1-4H3/b14-13+;14-13-;14-13+. The average Bonchev–Trinajstić information content (AvgIpc) is 3.88. The molecule has 428 valence electrons. The third-order valence-corrected chi connectivity index (χ3v) is 21.9. The number of amides is 6. The average molecular weight is 1230 g/mol. The van der Waals surface area contributed by atoms with Crippen molar-refractivity contribution in [3.63, 3.8) is 0 Å². The summed E-state index contributed by atoms with van der Waals surface area (Å²) in [4.78, 5) is 152. The Balaban J connectivity index is 0.000000138. The number of rotatable bonds is 0. The van der Waals surface area contributed by atoms with Crippen LogP contribution in [-0.2, 0) is 71.1 Å². The van der Waals surface area contributed by atoms with Crippen LogP contribution in [0.1, 0.15) is 0 Å². The summed E-state index contributed by atoms with van der Waals surface area (Å²) in [6.07, 6.45) is 0. The highest BCUT2D eigenvalue weighted by atomic mass is 32.2. The monoisotopic (exact) mass is 1230 g/mol. The maximum atomic E-state index is 13.0. The Morgan fingerprint density at radius 2 is 0.524 bits per heavy atom. The number of aryl methyl sites for hydroxylation is 6. The Morgan fingerprint density at radius 3 is 0.793 bits per heavy atom. The van der Waals surface area contributed by atoms with E-state index >= 15 is 0 Å². The molecule has 9 heterocycles. The summed E-state index contributed by atoms with van der Waals surface area (Å²) in [5.41, 5.74) is 3.32. The molecule has 0 aliphatic carbocycles. The van der Waals surface area contributed by atoms with Gasteiger partial charge >= 0.3 is 27.9 Å². The predicted octanol–water partition coefficient (Wildman–Crippen LogP) is 2.81. The van der Waals surface area contributed by atoms with E-state index in [4.69, 9.17) is 0 Å². The minimum atomic E-state index is -0.623. The van der Waals surface area contributed by atoms with Gasteiger partial charge in [0, 0.05) is 136 Å². The minimum Gasteiger partial charge on any atom is -0.340 e. The zero-order valence-corrected chi connectivity index (χ0v) is 51.4. The molecule has 0 spiro atoms. The second-order valence-corrected chi connectivity index (χ2v) is 26.4. The van der Waals surface area contributed by atoms with Gasteiger partial charge in [0.1, 0.15) is 0 Å². The van der Waals surface area contributed by atoms with Crippen LogP contribution in [0.2, 0.25) is 0 Å². The van der Waals surface area contributed by atoms with Crippen molar-refractivity contribution >= 4 is 156 Å². The molecule has 0 atom stereocenters. The first-order valence-corrected chi connectivity index (χ1v) is 30.6. The largest absolute Gasteiger partial charge is 0.340 e. The summed E-state index contributed by atoms with van der Waals surface area (Å²) in [5.74, 6) is 1.14. The topological polar surface area (TPSA) is 237 Å². The summed E-state index contributed by atoms with van der Waals surface area (Å²) < 4.78 is 8.39. The van der Waals surface area contributed by atoms with Gasteiger partial charge in [-0.3, -0.25) is 57.1 Å². The van der Waals surface area contributed by atoms with Crippen molar-refractivity contribution in [2.75, 3.05) is 93.9 Å². The molecule has 12 rings (SSSR count). The lowest BCUT2D eigenvalue weighted by atomic mass is 10.2. The summed E-state index contributed by atoms with van der Waals surface area (Å²) in [6.45, 7) is 1.97. The number of fused-ring (bicyclic) bond motifs is 6. The zero-order chi connectivity index (χ0) is 59.4. The number of aromatic nitrogens is 6. The molecule has 82 heavy (non-hydrogen) atoms. The first-order valence-electron chi connectivity index (χ1n) is 25.2. The van der Waals surface area contributed by atoms with Gasteiger partial charge < -0.3 is 47.7 Å². The Kier molecular flexibility index (Phi) is 15.6. The number of thioether (sulfide) groups is 6. The van der Waals surface area contributed by atoms with Crippen LogP contribution in [-0.4, -0.2) is 157 Å². The van der Waals surface area contributed by atoms with E-state index in [-0.39, 0.29) is 41.1 Å². The second kappa shape index (κ2) is 21.9. The first kappa shape index (κ1) is 58.2. The third kappa shape index (κ3) is 9.54. The van der Waals surface area contributed by atoms with Crippen LogP contribution in [0.25, 0.3) is 33.1 Å². The van der Waals surface area contributed by atoms with Crippen LogP contribution in [0.5, 0.6) is 0 Å². The van der Waals surface area contributed by atoms with Crippen molar-refractivity contribution in [3.05, 3.63) is 118 Å². The molecule has 23 nitrogen and oxygen atoms in total. The molecule has 6 aliphatic heterocycles. The highest BCUT2D eigenvalue weighted by Crippen LogP contribution is 2.49. The molecule has 0 radical (unpaired) electrons. The first-order chi connectivity index (χ1) is 38.7. The van der Waals surface area contributed by atoms with Gasteiger partial charge in [0.05, 0.1) is 79.6 Å². The normalized spacial score (nSPS) is 20.4. The van der Waals surface area contributed by atoms with E-state index in [0.29, 0.717) is 82.5 Å². The van der Waals surface area contributed by atoms with Crippen molar-refractivity contribution < 1.29 is 28.8 Å². The zero-order valence-electron chi connectivity index (χ0n) is 46.5. The summed E-state index contributed by atoms with van der Waals surface area (Å²) in [7, 11) is 19.8. The fourth-order valence-corrected chi connectivity index (χ4v) is 17.1. The molecule has 3 aromatic heterocycles. The Bertz CT molecular complexity index is 4170. The van der Waals surface area contributed by atoms with E-state index in [9.17, 15) is 52.7 Å². The van der Waals surface area contributed by atoms with Gasteiger partial charge in [0.2, 0.25) is 0 Å². The fourth-order valence-electron chi connectivity index (χ4n) is 9.75. The van der Waals surface area contributed by atoms with Gasteiger partial charge in [0.15, 0.2) is 0 Å². The molecule has 3 saturated heterocycles. The smallest absolute Gasteiger partial charge is 0.328 e. The van der Waals surface area contributed by atoms with E-state index in [1.807, 2.05) is 12.1 Å². The van der Waals surface area contributed by atoms with Crippen molar-refractivity contribution in [2.24, 2.45) is 42.3 Å². The molecule has 3 aromatic carbocycles. The van der Waals surface area contributed by atoms with E-state index in [1.165, 1.54) is 113 Å². The third-order valence-electron chi connectivity index (χ3n) is 15.0. The molecule has 0 N–H and O–H groups in total. The number of imidazole rings is 1. The van der Waals surface area contributed by atoms with Gasteiger partial charge in [0.25, 0.3) is 35.4 Å². The van der Waals surface area contributed by atoms with E-state index in [1.54, 1.807) is 123 Å². The minimum absolute atomic E-state index is 0.109. The number of hydrogen-bond acceptors (Lipinski definition) is 17. The quantitative estimate of drug-likeness (QED) is 0.157. The van der Waals surface area contributed by atoms with Gasteiger partial charge in [-0.2, -0.15) is 0 Å². The number of anilines is 3. The van der Waals surface area contributed by atoms with E-state index < -0.39 is 22.2 Å². The highest BCUT2D eigenvalue weighted by molar-refractivity contribution is 8.09. The van der Waals surface area contributed by atoms with Crippen molar-refractivity contribution in [1.29, 1.82) is 0 Å².